The number of nitrogens with one attached hydrogen (secondary N) is 2. The van der Waals surface area contributed by atoms with Crippen molar-refractivity contribution in [1.82, 2.24) is 15.5 Å². The predicted octanol–water partition coefficient (Wildman–Crippen LogP) is 6.22. The van der Waals surface area contributed by atoms with Crippen LogP contribution in [0.15, 0.2) is 18.2 Å². The lowest BCUT2D eigenvalue weighted by Gasteiger charge is -2.39. The lowest BCUT2D eigenvalue weighted by atomic mass is 9.93. The van der Waals surface area contributed by atoms with E-state index in [0.717, 1.165) is 36.0 Å². The predicted molar refractivity (Wildman–Crippen MR) is 150 cm³/mol. The number of nitrogens with zero attached hydrogens (tertiary/aromatic N) is 1. The Morgan fingerprint density at radius 1 is 1.03 bits per heavy atom. The number of unbranched alkanes of at least 4 members (excludes halogenated alkanes) is 2. The summed E-state index contributed by atoms with van der Waals surface area (Å²) < 4.78 is 5.47. The van der Waals surface area contributed by atoms with Crippen LogP contribution in [-0.2, 0) is 14.3 Å². The number of hydrogen-bond donors (Lipinski definition) is 2. The largest absolute Gasteiger partial charge is 0.444 e. The van der Waals surface area contributed by atoms with Gasteiger partial charge in [-0.1, -0.05) is 58.7 Å². The van der Waals surface area contributed by atoms with Gasteiger partial charge in [0.25, 0.3) is 0 Å². The smallest absolute Gasteiger partial charge is 0.408 e. The molecule has 0 aliphatic rings. The van der Waals surface area contributed by atoms with Gasteiger partial charge < -0.3 is 20.3 Å². The van der Waals surface area contributed by atoms with Gasteiger partial charge in [0.1, 0.15) is 17.7 Å². The zero-order valence-corrected chi connectivity index (χ0v) is 24.9. The molecule has 1 aromatic rings. The summed E-state index contributed by atoms with van der Waals surface area (Å²) in [6.45, 7) is 20.0. The number of aryl methyl sites for hydroxylation is 1. The van der Waals surface area contributed by atoms with Crippen LogP contribution in [0.1, 0.15) is 110 Å². The van der Waals surface area contributed by atoms with Crippen LogP contribution in [0, 0.1) is 19.8 Å². The maximum atomic E-state index is 14.2. The van der Waals surface area contributed by atoms with Crippen molar-refractivity contribution in [3.63, 3.8) is 0 Å². The van der Waals surface area contributed by atoms with Crippen molar-refractivity contribution in [2.75, 3.05) is 6.54 Å². The Hall–Kier alpha value is -2.57. The second kappa shape index (κ2) is 15.0. The van der Waals surface area contributed by atoms with E-state index in [1.165, 1.54) is 0 Å². The van der Waals surface area contributed by atoms with Crippen molar-refractivity contribution >= 4 is 17.9 Å². The fourth-order valence-corrected chi connectivity index (χ4v) is 4.29. The van der Waals surface area contributed by atoms with Gasteiger partial charge in [0.15, 0.2) is 0 Å². The molecule has 0 radical (unpaired) electrons. The average Bonchev–Trinajstić information content (AvgIpc) is 2.79. The number of ether oxygens (including phenoxy) is 1. The first-order valence-electron chi connectivity index (χ1n) is 13.9. The molecule has 0 saturated carbocycles. The van der Waals surface area contributed by atoms with Crippen molar-refractivity contribution in [2.24, 2.45) is 5.92 Å². The molecule has 3 atom stereocenters. The molecular formula is C30H51N3O4. The van der Waals surface area contributed by atoms with E-state index in [1.54, 1.807) is 25.7 Å². The van der Waals surface area contributed by atoms with Gasteiger partial charge in [-0.05, 0) is 83.4 Å². The summed E-state index contributed by atoms with van der Waals surface area (Å²) in [5.41, 5.74) is 2.16. The maximum absolute atomic E-state index is 14.2. The fraction of sp³-hybridized carbons (Fsp3) is 0.700. The van der Waals surface area contributed by atoms with E-state index in [2.05, 4.69) is 17.6 Å². The van der Waals surface area contributed by atoms with Crippen LogP contribution in [0.25, 0.3) is 0 Å². The van der Waals surface area contributed by atoms with Gasteiger partial charge >= 0.3 is 6.09 Å². The Kier molecular flexibility index (Phi) is 13.2. The van der Waals surface area contributed by atoms with Crippen LogP contribution in [-0.4, -0.2) is 47.0 Å². The van der Waals surface area contributed by atoms with E-state index in [1.807, 2.05) is 59.7 Å². The molecule has 3 amide bonds. The number of benzene rings is 1. The molecule has 0 aliphatic heterocycles. The Morgan fingerprint density at radius 3 is 2.22 bits per heavy atom. The molecular weight excluding hydrogens is 466 g/mol. The van der Waals surface area contributed by atoms with Gasteiger partial charge in [-0.3, -0.25) is 9.59 Å². The Morgan fingerprint density at radius 2 is 1.68 bits per heavy atom. The third-order valence-corrected chi connectivity index (χ3v) is 6.56. The molecule has 7 nitrogen and oxygen atoms in total. The first-order valence-corrected chi connectivity index (χ1v) is 13.9. The van der Waals surface area contributed by atoms with Crippen LogP contribution >= 0.6 is 0 Å². The zero-order valence-electron chi connectivity index (χ0n) is 24.9. The lowest BCUT2D eigenvalue weighted by molar-refractivity contribution is -0.145. The minimum absolute atomic E-state index is 0.143. The first kappa shape index (κ1) is 32.5. The standard InChI is InChI=1S/C30H51N3O4/c1-11-13-14-18-31-27(34)26(24-17-15-16-21(5)23(24)7)33(22(6)12-2)28(35)25(19-20(3)4)32-29(36)37-30(8,9)10/h15-17,20,22,25-26H,11-14,18-19H2,1-10H3,(H,31,34)(H,32,36). The van der Waals surface area contributed by atoms with Crippen molar-refractivity contribution in [1.29, 1.82) is 0 Å². The van der Waals surface area contributed by atoms with Gasteiger partial charge in [-0.2, -0.15) is 0 Å². The Balaban J connectivity index is 3.54. The minimum Gasteiger partial charge on any atom is -0.444 e. The number of carbonyl (C=O) groups excluding carboxylic acids is 3. The molecule has 0 heterocycles. The first-order chi connectivity index (χ1) is 17.2. The van der Waals surface area contributed by atoms with Crippen molar-refractivity contribution in [3.8, 4) is 0 Å². The molecule has 7 heteroatoms. The molecule has 1 rings (SSSR count). The number of carbonyl (C=O) groups is 3. The quantitative estimate of drug-likeness (QED) is 0.304. The molecule has 0 spiro atoms. The van der Waals surface area contributed by atoms with E-state index in [-0.39, 0.29) is 23.8 Å². The van der Waals surface area contributed by atoms with Crippen LogP contribution < -0.4 is 10.6 Å². The monoisotopic (exact) mass is 517 g/mol. The van der Waals surface area contributed by atoms with E-state index in [0.29, 0.717) is 19.4 Å². The highest BCUT2D eigenvalue weighted by Gasteiger charge is 2.39. The molecule has 37 heavy (non-hydrogen) atoms. The number of hydrogen-bond acceptors (Lipinski definition) is 4. The van der Waals surface area contributed by atoms with Crippen molar-refractivity contribution in [3.05, 3.63) is 34.9 Å². The molecule has 2 N–H and O–H groups in total. The molecule has 0 fully saturated rings. The van der Waals surface area contributed by atoms with Crippen molar-refractivity contribution < 1.29 is 19.1 Å². The van der Waals surface area contributed by atoms with Gasteiger partial charge in [0, 0.05) is 12.6 Å². The number of alkyl carbamates (subject to hydrolysis) is 1. The molecule has 0 bridgehead atoms. The van der Waals surface area contributed by atoms with Crippen LogP contribution in [0.3, 0.4) is 0 Å². The lowest BCUT2D eigenvalue weighted by Crippen LogP contribution is -2.56. The normalized spacial score (nSPS) is 14.0. The highest BCUT2D eigenvalue weighted by atomic mass is 16.6. The summed E-state index contributed by atoms with van der Waals surface area (Å²) in [6.07, 6.45) is 3.43. The number of amides is 3. The second-order valence-corrected chi connectivity index (χ2v) is 11.5. The fourth-order valence-electron chi connectivity index (χ4n) is 4.29. The van der Waals surface area contributed by atoms with Gasteiger partial charge in [0.2, 0.25) is 11.8 Å². The third kappa shape index (κ3) is 10.4. The average molecular weight is 518 g/mol. The van der Waals surface area contributed by atoms with Gasteiger partial charge in [0.05, 0.1) is 0 Å². The van der Waals surface area contributed by atoms with Gasteiger partial charge in [-0.15, -0.1) is 0 Å². The highest BCUT2D eigenvalue weighted by molar-refractivity contribution is 5.92. The molecule has 1 aromatic carbocycles. The molecule has 0 aromatic heterocycles. The second-order valence-electron chi connectivity index (χ2n) is 11.5. The summed E-state index contributed by atoms with van der Waals surface area (Å²) in [5.74, 6) is -0.327. The summed E-state index contributed by atoms with van der Waals surface area (Å²) in [5, 5.41) is 5.89. The third-order valence-electron chi connectivity index (χ3n) is 6.56. The highest BCUT2D eigenvalue weighted by Crippen LogP contribution is 2.30. The number of rotatable bonds is 13. The summed E-state index contributed by atoms with van der Waals surface area (Å²) in [4.78, 5) is 42.4. The van der Waals surface area contributed by atoms with Crippen LogP contribution in [0.4, 0.5) is 4.79 Å². The molecule has 3 unspecified atom stereocenters. The van der Waals surface area contributed by atoms with E-state index >= 15 is 0 Å². The van der Waals surface area contributed by atoms with E-state index in [4.69, 9.17) is 4.74 Å². The van der Waals surface area contributed by atoms with Crippen LogP contribution in [0.2, 0.25) is 0 Å². The maximum Gasteiger partial charge on any atom is 0.408 e. The zero-order chi connectivity index (χ0) is 28.3. The summed E-state index contributed by atoms with van der Waals surface area (Å²) >= 11 is 0. The van der Waals surface area contributed by atoms with Gasteiger partial charge in [-0.25, -0.2) is 4.79 Å². The Labute approximate surface area is 225 Å². The summed E-state index contributed by atoms with van der Waals surface area (Å²) in [6, 6.07) is 4.02. The SMILES string of the molecule is CCCCCNC(=O)C(c1cccc(C)c1C)N(C(=O)C(CC(C)C)NC(=O)OC(C)(C)C)C(C)CC. The minimum atomic E-state index is -0.815. The molecule has 0 saturated heterocycles. The topological polar surface area (TPSA) is 87.7 Å². The van der Waals surface area contributed by atoms with E-state index in [9.17, 15) is 14.4 Å². The van der Waals surface area contributed by atoms with Crippen molar-refractivity contribution in [2.45, 2.75) is 125 Å². The molecule has 0 aliphatic carbocycles. The summed E-state index contributed by atoms with van der Waals surface area (Å²) in [7, 11) is 0. The Bertz CT molecular complexity index is 891. The van der Waals surface area contributed by atoms with Crippen LogP contribution in [0.5, 0.6) is 0 Å². The van der Waals surface area contributed by atoms with E-state index < -0.39 is 23.8 Å². The molecule has 210 valence electrons.